The number of hydrogen-bond donors (Lipinski definition) is 3. The van der Waals surface area contributed by atoms with Crippen LogP contribution in [0.3, 0.4) is 0 Å². The largest absolute Gasteiger partial charge is 0.503 e. The Kier molecular flexibility index (Phi) is 7.31. The number of ketones is 1. The molecule has 1 saturated carbocycles. The van der Waals surface area contributed by atoms with Crippen LogP contribution < -0.4 is 5.32 Å². The number of hydrogen-bond acceptors (Lipinski definition) is 5. The quantitative estimate of drug-likeness (QED) is 0.243. The van der Waals surface area contributed by atoms with Crippen molar-refractivity contribution in [3.05, 3.63) is 77.1 Å². The number of fused-ring (bicyclic) bond motifs is 1. The Morgan fingerprint density at radius 1 is 0.971 bits per heavy atom. The van der Waals surface area contributed by atoms with E-state index in [1.54, 1.807) is 24.3 Å². The molecule has 0 bridgehead atoms. The zero-order chi connectivity index (χ0) is 24.9. The molecule has 35 heavy (non-hydrogen) atoms. The van der Waals surface area contributed by atoms with E-state index in [4.69, 9.17) is 31.0 Å². The first-order valence-corrected chi connectivity index (χ1v) is 11.4. The van der Waals surface area contributed by atoms with Crippen molar-refractivity contribution >= 4 is 46.3 Å². The molecule has 180 valence electrons. The first-order chi connectivity index (χ1) is 16.8. The second-order valence-electron chi connectivity index (χ2n) is 8.16. The molecule has 0 atom stereocenters. The highest BCUT2D eigenvalue weighted by Crippen LogP contribution is 2.31. The van der Waals surface area contributed by atoms with E-state index >= 15 is 0 Å². The Morgan fingerprint density at radius 2 is 1.63 bits per heavy atom. The van der Waals surface area contributed by atoms with Crippen molar-refractivity contribution in [2.24, 2.45) is 5.92 Å². The molecule has 1 aliphatic carbocycles. The maximum atomic E-state index is 14.7. The number of anilines is 2. The van der Waals surface area contributed by atoms with Gasteiger partial charge in [0.05, 0.1) is 5.69 Å². The second-order valence-corrected chi connectivity index (χ2v) is 8.59. The highest BCUT2D eigenvalue weighted by Gasteiger charge is 2.23. The molecule has 1 aliphatic rings. The van der Waals surface area contributed by atoms with E-state index in [-0.39, 0.29) is 23.4 Å². The van der Waals surface area contributed by atoms with E-state index < -0.39 is 12.0 Å². The van der Waals surface area contributed by atoms with Crippen molar-refractivity contribution < 1.29 is 28.6 Å². The minimum Gasteiger partial charge on any atom is -0.450 e. The van der Waals surface area contributed by atoms with Crippen LogP contribution in [-0.4, -0.2) is 27.1 Å². The van der Waals surface area contributed by atoms with E-state index in [0.29, 0.717) is 16.1 Å². The van der Waals surface area contributed by atoms with Gasteiger partial charge < -0.3 is 19.9 Å². The SMILES string of the molecule is O=C(O)O.O=C(c1ccc(-c2ccc(Nc3nc4ccc(Cl)cc4o3)c(F)c2)cc1)C1CCCC1. The number of carbonyl (C=O) groups is 2. The smallest absolute Gasteiger partial charge is 0.450 e. The third kappa shape index (κ3) is 5.96. The average Bonchev–Trinajstić information content (AvgIpc) is 3.49. The Balaban J connectivity index is 0.000000672. The number of carboxylic acid groups (broad SMARTS) is 2. The van der Waals surface area contributed by atoms with Gasteiger partial charge in [-0.1, -0.05) is 54.8 Å². The lowest BCUT2D eigenvalue weighted by Crippen LogP contribution is -2.10. The third-order valence-corrected chi connectivity index (χ3v) is 6.02. The van der Waals surface area contributed by atoms with Gasteiger partial charge in [0.15, 0.2) is 11.4 Å². The molecule has 0 amide bonds. The van der Waals surface area contributed by atoms with Crippen LogP contribution in [0.2, 0.25) is 5.02 Å². The van der Waals surface area contributed by atoms with Gasteiger partial charge in [-0.3, -0.25) is 4.79 Å². The van der Waals surface area contributed by atoms with Gasteiger partial charge in [0.2, 0.25) is 0 Å². The molecule has 3 N–H and O–H groups in total. The molecule has 4 aromatic rings. The van der Waals surface area contributed by atoms with Crippen LogP contribution in [0.15, 0.2) is 65.1 Å². The Bertz CT molecular complexity index is 1360. The number of nitrogens with zero attached hydrogens (tertiary/aromatic N) is 1. The van der Waals surface area contributed by atoms with E-state index in [1.165, 1.54) is 6.07 Å². The fourth-order valence-electron chi connectivity index (χ4n) is 4.11. The van der Waals surface area contributed by atoms with Crippen LogP contribution in [0, 0.1) is 11.7 Å². The average molecular weight is 497 g/mol. The predicted molar refractivity (Wildman–Crippen MR) is 131 cm³/mol. The van der Waals surface area contributed by atoms with Crippen LogP contribution in [0.5, 0.6) is 0 Å². The number of oxazole rings is 1. The lowest BCUT2D eigenvalue weighted by Gasteiger charge is -2.10. The van der Waals surface area contributed by atoms with Gasteiger partial charge in [0, 0.05) is 22.6 Å². The Morgan fingerprint density at radius 3 is 2.29 bits per heavy atom. The van der Waals surface area contributed by atoms with Crippen LogP contribution in [-0.2, 0) is 0 Å². The molecule has 0 saturated heterocycles. The van der Waals surface area contributed by atoms with Crippen LogP contribution >= 0.6 is 11.6 Å². The van der Waals surface area contributed by atoms with Gasteiger partial charge in [0.1, 0.15) is 11.3 Å². The van der Waals surface area contributed by atoms with Crippen molar-refractivity contribution in [3.8, 4) is 11.1 Å². The zero-order valence-electron chi connectivity index (χ0n) is 18.5. The molecule has 7 nitrogen and oxygen atoms in total. The fraction of sp³-hybridized carbons (Fsp3) is 0.192. The van der Waals surface area contributed by atoms with E-state index in [9.17, 15) is 9.18 Å². The first-order valence-electron chi connectivity index (χ1n) is 11.0. The lowest BCUT2D eigenvalue weighted by atomic mass is 9.94. The van der Waals surface area contributed by atoms with Gasteiger partial charge in [-0.25, -0.2) is 9.18 Å². The van der Waals surface area contributed by atoms with Gasteiger partial charge >= 0.3 is 6.16 Å². The maximum Gasteiger partial charge on any atom is 0.503 e. The number of halogens is 2. The normalized spacial score (nSPS) is 13.3. The minimum atomic E-state index is -1.83. The van der Waals surface area contributed by atoms with E-state index in [1.807, 2.05) is 30.3 Å². The van der Waals surface area contributed by atoms with Crippen molar-refractivity contribution in [3.63, 3.8) is 0 Å². The number of aromatic nitrogens is 1. The topological polar surface area (TPSA) is 113 Å². The van der Waals surface area contributed by atoms with E-state index in [0.717, 1.165) is 42.4 Å². The van der Waals surface area contributed by atoms with Crippen molar-refractivity contribution in [2.75, 3.05) is 5.32 Å². The van der Waals surface area contributed by atoms with Crippen LogP contribution in [0.4, 0.5) is 20.9 Å². The fourth-order valence-corrected chi connectivity index (χ4v) is 4.28. The van der Waals surface area contributed by atoms with Crippen LogP contribution in [0.1, 0.15) is 36.0 Å². The van der Waals surface area contributed by atoms with Gasteiger partial charge in [-0.05, 0) is 48.2 Å². The summed E-state index contributed by atoms with van der Waals surface area (Å²) in [7, 11) is 0. The summed E-state index contributed by atoms with van der Waals surface area (Å²) in [5.41, 5.74) is 3.73. The second kappa shape index (κ2) is 10.6. The predicted octanol–water partition coefficient (Wildman–Crippen LogP) is 7.63. The minimum absolute atomic E-state index is 0.150. The molecular formula is C26H22ClFN2O5. The Hall–Kier alpha value is -3.91. The Labute approximate surface area is 205 Å². The molecule has 0 spiro atoms. The molecule has 0 radical (unpaired) electrons. The summed E-state index contributed by atoms with van der Waals surface area (Å²) < 4.78 is 20.3. The van der Waals surface area contributed by atoms with Crippen molar-refractivity contribution in [1.29, 1.82) is 0 Å². The molecular weight excluding hydrogens is 475 g/mol. The van der Waals surface area contributed by atoms with Gasteiger partial charge in [-0.2, -0.15) is 4.98 Å². The van der Waals surface area contributed by atoms with Crippen molar-refractivity contribution in [2.45, 2.75) is 25.7 Å². The van der Waals surface area contributed by atoms with E-state index in [2.05, 4.69) is 10.3 Å². The van der Waals surface area contributed by atoms with Crippen LogP contribution in [0.25, 0.3) is 22.2 Å². The highest BCUT2D eigenvalue weighted by molar-refractivity contribution is 6.31. The highest BCUT2D eigenvalue weighted by atomic mass is 35.5. The lowest BCUT2D eigenvalue weighted by molar-refractivity contribution is 0.0922. The summed E-state index contributed by atoms with van der Waals surface area (Å²) in [6.45, 7) is 0. The molecule has 0 aliphatic heterocycles. The molecule has 1 fully saturated rings. The molecule has 0 unspecified atom stereocenters. The summed E-state index contributed by atoms with van der Waals surface area (Å²) in [6.07, 6.45) is 2.39. The maximum absolute atomic E-state index is 14.7. The number of nitrogens with one attached hydrogen (secondary N) is 1. The number of rotatable bonds is 5. The summed E-state index contributed by atoms with van der Waals surface area (Å²) in [5, 5.41) is 17.4. The molecule has 3 aromatic carbocycles. The molecule has 1 heterocycles. The number of Topliss-reactive ketones (excluding diaryl/α,β-unsaturated/α-hetero) is 1. The summed E-state index contributed by atoms with van der Waals surface area (Å²) >= 11 is 5.96. The van der Waals surface area contributed by atoms with Gasteiger partial charge in [-0.15, -0.1) is 0 Å². The number of carbonyl (C=O) groups excluding carboxylic acids is 1. The standard InChI is InChI=1S/C25H20ClFN2O2.CH2O3/c26-19-10-12-22-23(14-19)31-25(29-22)28-21-11-9-18(13-20(21)27)15-5-7-17(8-6-15)24(30)16-3-1-2-4-16;2-1(3)4/h5-14,16H,1-4H2,(H,28,29);(H2,2,3,4). The molecule has 5 rings (SSSR count). The van der Waals surface area contributed by atoms with Crippen molar-refractivity contribution in [1.82, 2.24) is 4.98 Å². The monoisotopic (exact) mass is 496 g/mol. The zero-order valence-corrected chi connectivity index (χ0v) is 19.3. The summed E-state index contributed by atoms with van der Waals surface area (Å²) in [6, 6.07) is 17.6. The molecule has 1 aromatic heterocycles. The number of benzene rings is 3. The molecule has 9 heteroatoms. The first kappa shape index (κ1) is 24.2. The summed E-state index contributed by atoms with van der Waals surface area (Å²) in [5.74, 6) is -0.0603. The van der Waals surface area contributed by atoms with Gasteiger partial charge in [0.25, 0.3) is 6.01 Å². The third-order valence-electron chi connectivity index (χ3n) is 5.79. The summed E-state index contributed by atoms with van der Waals surface area (Å²) in [4.78, 5) is 25.4.